The summed E-state index contributed by atoms with van der Waals surface area (Å²) < 4.78 is -1.68. The third-order valence-corrected chi connectivity index (χ3v) is 3.77. The van der Waals surface area contributed by atoms with Gasteiger partial charge in [0.15, 0.2) is 0 Å². The lowest BCUT2D eigenvalue weighted by Gasteiger charge is -2.24. The van der Waals surface area contributed by atoms with Crippen LogP contribution in [0.25, 0.3) is 0 Å². The van der Waals surface area contributed by atoms with Gasteiger partial charge < -0.3 is 0 Å². The number of hydrogen-bond donors (Lipinski definition) is 0. The Balaban J connectivity index is 0. The standard InChI is InChI=1S/C6H6Br2N2.ClH/c1-5(7,3-9)6(2,8)4-10;/h1-2H3;1H. The molecule has 0 radical (unpaired) electrons. The summed E-state index contributed by atoms with van der Waals surface area (Å²) in [5.74, 6) is 0. The van der Waals surface area contributed by atoms with Gasteiger partial charge in [-0.25, -0.2) is 0 Å². The van der Waals surface area contributed by atoms with Gasteiger partial charge in [0.2, 0.25) is 0 Å². The number of halogens is 3. The summed E-state index contributed by atoms with van der Waals surface area (Å²) in [6.45, 7) is 3.29. The van der Waals surface area contributed by atoms with E-state index in [1.54, 1.807) is 13.8 Å². The van der Waals surface area contributed by atoms with Crippen molar-refractivity contribution < 1.29 is 0 Å². The van der Waals surface area contributed by atoms with Gasteiger partial charge in [0, 0.05) is 0 Å². The number of rotatable bonds is 1. The van der Waals surface area contributed by atoms with Crippen molar-refractivity contribution in [2.75, 3.05) is 0 Å². The average Bonchev–Trinajstić information content (AvgIpc) is 1.88. The summed E-state index contributed by atoms with van der Waals surface area (Å²) in [7, 11) is 0. The van der Waals surface area contributed by atoms with E-state index in [0.717, 1.165) is 0 Å². The van der Waals surface area contributed by atoms with Crippen molar-refractivity contribution in [3.05, 3.63) is 0 Å². The predicted molar refractivity (Wildman–Crippen MR) is 53.1 cm³/mol. The minimum atomic E-state index is -0.839. The van der Waals surface area contributed by atoms with Crippen LogP contribution in [0, 0.1) is 22.7 Å². The van der Waals surface area contributed by atoms with Crippen LogP contribution in [0.2, 0.25) is 0 Å². The molecule has 0 aromatic heterocycles. The normalized spacial score (nSPS) is 19.5. The quantitative estimate of drug-likeness (QED) is 0.699. The summed E-state index contributed by atoms with van der Waals surface area (Å²) in [5, 5.41) is 17.2. The lowest BCUT2D eigenvalue weighted by Crippen LogP contribution is -2.36. The number of nitrogens with zero attached hydrogens (tertiary/aromatic N) is 2. The molecule has 2 nitrogen and oxygen atoms in total. The van der Waals surface area contributed by atoms with Crippen LogP contribution in [0.5, 0.6) is 0 Å². The smallest absolute Gasteiger partial charge is 0.137 e. The summed E-state index contributed by atoms with van der Waals surface area (Å²) >= 11 is 6.26. The largest absolute Gasteiger partial charge is 0.197 e. The second-order valence-electron chi connectivity index (χ2n) is 2.23. The van der Waals surface area contributed by atoms with Gasteiger partial charge in [0.05, 0.1) is 12.1 Å². The Morgan fingerprint density at radius 1 is 1.00 bits per heavy atom. The maximum atomic E-state index is 8.58. The Morgan fingerprint density at radius 3 is 1.27 bits per heavy atom. The van der Waals surface area contributed by atoms with Crippen molar-refractivity contribution in [3.8, 4) is 12.1 Å². The lowest BCUT2D eigenvalue weighted by molar-refractivity contribution is 0.705. The van der Waals surface area contributed by atoms with Crippen LogP contribution in [0.1, 0.15) is 13.8 Å². The van der Waals surface area contributed by atoms with Crippen LogP contribution in [-0.4, -0.2) is 8.65 Å². The van der Waals surface area contributed by atoms with E-state index in [-0.39, 0.29) is 12.4 Å². The van der Waals surface area contributed by atoms with Crippen LogP contribution in [-0.2, 0) is 0 Å². The first kappa shape index (κ1) is 13.8. The van der Waals surface area contributed by atoms with Crippen LogP contribution >= 0.6 is 44.3 Å². The van der Waals surface area contributed by atoms with Crippen molar-refractivity contribution >= 4 is 44.3 Å². The first-order valence-electron chi connectivity index (χ1n) is 2.58. The van der Waals surface area contributed by atoms with Crippen molar-refractivity contribution in [2.24, 2.45) is 0 Å². The summed E-state index contributed by atoms with van der Waals surface area (Å²) in [6.07, 6.45) is 0. The Morgan fingerprint density at radius 2 is 1.18 bits per heavy atom. The van der Waals surface area contributed by atoms with Crippen molar-refractivity contribution in [3.63, 3.8) is 0 Å². The maximum absolute atomic E-state index is 8.58. The van der Waals surface area contributed by atoms with Gasteiger partial charge in [-0.15, -0.1) is 12.4 Å². The third-order valence-electron chi connectivity index (χ3n) is 1.30. The zero-order valence-corrected chi connectivity index (χ0v) is 10.0. The Kier molecular flexibility index (Phi) is 5.40. The highest BCUT2D eigenvalue weighted by Crippen LogP contribution is 2.36. The van der Waals surface area contributed by atoms with E-state index in [4.69, 9.17) is 10.5 Å². The summed E-state index contributed by atoms with van der Waals surface area (Å²) in [6, 6.07) is 3.96. The van der Waals surface area contributed by atoms with E-state index >= 15 is 0 Å². The fourth-order valence-electron chi connectivity index (χ4n) is 0.210. The Hall–Kier alpha value is 0.230. The molecule has 0 aliphatic rings. The van der Waals surface area contributed by atoms with E-state index in [1.807, 2.05) is 12.1 Å². The third kappa shape index (κ3) is 2.99. The zero-order valence-electron chi connectivity index (χ0n) is 6.06. The van der Waals surface area contributed by atoms with E-state index < -0.39 is 8.65 Å². The predicted octanol–water partition coefficient (Wildman–Crippen LogP) is 2.76. The minimum absolute atomic E-state index is 0. The molecule has 0 bridgehead atoms. The molecule has 0 heterocycles. The molecule has 0 amide bonds. The van der Waals surface area contributed by atoms with Gasteiger partial charge >= 0.3 is 0 Å². The molecule has 62 valence electrons. The van der Waals surface area contributed by atoms with Crippen LogP contribution in [0.15, 0.2) is 0 Å². The van der Waals surface area contributed by atoms with E-state index in [9.17, 15) is 0 Å². The highest BCUT2D eigenvalue weighted by atomic mass is 79.9. The summed E-state index contributed by atoms with van der Waals surface area (Å²) in [4.78, 5) is 0. The monoisotopic (exact) mass is 300 g/mol. The number of hydrogen-bond acceptors (Lipinski definition) is 2. The Labute approximate surface area is 89.2 Å². The molecule has 0 aromatic rings. The maximum Gasteiger partial charge on any atom is 0.137 e. The van der Waals surface area contributed by atoms with E-state index in [0.29, 0.717) is 0 Å². The van der Waals surface area contributed by atoms with Gasteiger partial charge in [-0.05, 0) is 13.8 Å². The van der Waals surface area contributed by atoms with Gasteiger partial charge in [0.25, 0.3) is 0 Å². The fraction of sp³-hybridized carbons (Fsp3) is 0.667. The van der Waals surface area contributed by atoms with Crippen LogP contribution in [0.4, 0.5) is 0 Å². The molecule has 11 heavy (non-hydrogen) atoms. The summed E-state index contributed by atoms with van der Waals surface area (Å²) in [5.41, 5.74) is 0. The van der Waals surface area contributed by atoms with Crippen LogP contribution < -0.4 is 0 Å². The van der Waals surface area contributed by atoms with Crippen LogP contribution in [0.3, 0.4) is 0 Å². The van der Waals surface area contributed by atoms with Gasteiger partial charge in [-0.3, -0.25) is 0 Å². The molecule has 2 unspecified atom stereocenters. The molecule has 0 aliphatic carbocycles. The van der Waals surface area contributed by atoms with Crippen molar-refractivity contribution in [1.29, 1.82) is 10.5 Å². The molecule has 0 spiro atoms. The fourth-order valence-corrected chi connectivity index (χ4v) is 0.387. The molecule has 2 atom stereocenters. The molecule has 0 saturated heterocycles. The topological polar surface area (TPSA) is 47.6 Å². The highest BCUT2D eigenvalue weighted by Gasteiger charge is 2.41. The highest BCUT2D eigenvalue weighted by molar-refractivity contribution is 9.13. The first-order valence-corrected chi connectivity index (χ1v) is 4.16. The van der Waals surface area contributed by atoms with E-state index in [2.05, 4.69) is 31.9 Å². The SMILES string of the molecule is CC(Br)(C#N)C(C)(Br)C#N.Cl. The van der Waals surface area contributed by atoms with Crippen molar-refractivity contribution in [2.45, 2.75) is 22.5 Å². The Bertz CT molecular complexity index is 188. The molecule has 0 aromatic carbocycles. The van der Waals surface area contributed by atoms with Gasteiger partial charge in [-0.1, -0.05) is 31.9 Å². The molecule has 0 saturated carbocycles. The lowest BCUT2D eigenvalue weighted by atomic mass is 9.99. The number of nitriles is 2. The molecule has 5 heteroatoms. The second kappa shape index (κ2) is 4.30. The number of alkyl halides is 2. The molecular formula is C6H7Br2ClN2. The molecule has 0 rings (SSSR count). The van der Waals surface area contributed by atoms with Gasteiger partial charge in [-0.2, -0.15) is 10.5 Å². The second-order valence-corrected chi connectivity index (χ2v) is 5.40. The molecule has 0 fully saturated rings. The van der Waals surface area contributed by atoms with E-state index in [1.165, 1.54) is 0 Å². The van der Waals surface area contributed by atoms with Crippen molar-refractivity contribution in [1.82, 2.24) is 0 Å². The van der Waals surface area contributed by atoms with Gasteiger partial charge in [0.1, 0.15) is 8.65 Å². The molecule has 0 N–H and O–H groups in total. The zero-order chi connectivity index (χ0) is 8.41. The molecule has 0 aliphatic heterocycles. The average molecular weight is 302 g/mol. The minimum Gasteiger partial charge on any atom is -0.197 e. The first-order chi connectivity index (χ1) is 4.37. The molecular weight excluding hydrogens is 295 g/mol.